The van der Waals surface area contributed by atoms with Crippen LogP contribution in [-0.2, 0) is 0 Å². The molecule has 4 nitrogen and oxygen atoms in total. The summed E-state index contributed by atoms with van der Waals surface area (Å²) in [5.74, 6) is 2.49. The summed E-state index contributed by atoms with van der Waals surface area (Å²) >= 11 is 0. The van der Waals surface area contributed by atoms with Crippen LogP contribution in [0.5, 0.6) is 5.88 Å². The molecule has 90 valence electrons. The van der Waals surface area contributed by atoms with Crippen molar-refractivity contribution < 1.29 is 4.74 Å². The van der Waals surface area contributed by atoms with Crippen molar-refractivity contribution in [3.63, 3.8) is 0 Å². The molecule has 0 aliphatic carbocycles. The molecule has 0 spiro atoms. The van der Waals surface area contributed by atoms with Gasteiger partial charge in [0.1, 0.15) is 11.6 Å². The molecule has 0 atom stereocenters. The summed E-state index contributed by atoms with van der Waals surface area (Å²) < 4.78 is 5.62. The van der Waals surface area contributed by atoms with Gasteiger partial charge >= 0.3 is 0 Å². The Morgan fingerprint density at radius 1 is 1.25 bits per heavy atom. The summed E-state index contributed by atoms with van der Waals surface area (Å²) in [6.45, 7) is 8.80. The fourth-order valence-electron chi connectivity index (χ4n) is 1.42. The van der Waals surface area contributed by atoms with Gasteiger partial charge in [0.2, 0.25) is 5.88 Å². The smallest absolute Gasteiger partial charge is 0.221 e. The largest absolute Gasteiger partial charge is 0.477 e. The predicted octanol–water partition coefficient (Wildman–Crippen LogP) is 2.49. The van der Waals surface area contributed by atoms with Crippen LogP contribution in [0.4, 0.5) is 5.82 Å². The summed E-state index contributed by atoms with van der Waals surface area (Å²) in [5, 5.41) is 0. The van der Waals surface area contributed by atoms with Crippen molar-refractivity contribution in [1.29, 1.82) is 0 Å². The average Bonchev–Trinajstić information content (AvgIpc) is 2.19. The van der Waals surface area contributed by atoms with Gasteiger partial charge in [-0.15, -0.1) is 0 Å². The number of rotatable bonds is 5. The highest BCUT2D eigenvalue weighted by Crippen LogP contribution is 2.19. The first-order valence-electron chi connectivity index (χ1n) is 5.74. The van der Waals surface area contributed by atoms with Gasteiger partial charge in [0.15, 0.2) is 0 Å². The molecule has 0 unspecified atom stereocenters. The Labute approximate surface area is 97.2 Å². The van der Waals surface area contributed by atoms with Crippen molar-refractivity contribution in [3.05, 3.63) is 11.4 Å². The zero-order valence-corrected chi connectivity index (χ0v) is 10.6. The summed E-state index contributed by atoms with van der Waals surface area (Å²) in [7, 11) is 0. The van der Waals surface area contributed by atoms with Gasteiger partial charge in [-0.3, -0.25) is 0 Å². The van der Waals surface area contributed by atoms with E-state index in [0.717, 1.165) is 12.0 Å². The van der Waals surface area contributed by atoms with Crippen molar-refractivity contribution >= 4 is 5.82 Å². The van der Waals surface area contributed by atoms with Gasteiger partial charge in [-0.25, -0.2) is 4.98 Å². The van der Waals surface area contributed by atoms with E-state index in [2.05, 4.69) is 23.8 Å². The SMILES string of the molecule is Cc1nc(N)c(C)c(OCCCC(C)C)n1. The minimum absolute atomic E-state index is 0.506. The summed E-state index contributed by atoms with van der Waals surface area (Å²) in [4.78, 5) is 8.31. The fraction of sp³-hybridized carbons (Fsp3) is 0.667. The van der Waals surface area contributed by atoms with E-state index < -0.39 is 0 Å². The Kier molecular flexibility index (Phi) is 4.52. The van der Waals surface area contributed by atoms with Crippen LogP contribution < -0.4 is 10.5 Å². The first kappa shape index (κ1) is 12.7. The highest BCUT2D eigenvalue weighted by atomic mass is 16.5. The Hall–Kier alpha value is -1.32. The van der Waals surface area contributed by atoms with Gasteiger partial charge < -0.3 is 10.5 Å². The van der Waals surface area contributed by atoms with Crippen molar-refractivity contribution in [2.45, 2.75) is 40.5 Å². The van der Waals surface area contributed by atoms with Gasteiger partial charge in [-0.1, -0.05) is 13.8 Å². The number of nitrogens with zero attached hydrogens (tertiary/aromatic N) is 2. The normalized spacial score (nSPS) is 10.8. The number of hydrogen-bond acceptors (Lipinski definition) is 4. The molecule has 0 radical (unpaired) electrons. The van der Waals surface area contributed by atoms with Crippen molar-refractivity contribution in [2.24, 2.45) is 5.92 Å². The Morgan fingerprint density at radius 3 is 2.56 bits per heavy atom. The lowest BCUT2D eigenvalue weighted by Crippen LogP contribution is -2.06. The quantitative estimate of drug-likeness (QED) is 0.779. The molecule has 0 amide bonds. The minimum atomic E-state index is 0.506. The molecule has 0 bridgehead atoms. The zero-order valence-electron chi connectivity index (χ0n) is 10.6. The Balaban J connectivity index is 2.53. The highest BCUT2D eigenvalue weighted by molar-refractivity contribution is 5.44. The topological polar surface area (TPSA) is 61.0 Å². The highest BCUT2D eigenvalue weighted by Gasteiger charge is 2.07. The summed E-state index contributed by atoms with van der Waals surface area (Å²) in [6.07, 6.45) is 2.21. The third-order valence-electron chi connectivity index (χ3n) is 2.42. The molecule has 0 fully saturated rings. The van der Waals surface area contributed by atoms with Crippen molar-refractivity contribution in [3.8, 4) is 5.88 Å². The molecule has 1 aromatic rings. The van der Waals surface area contributed by atoms with Crippen LogP contribution >= 0.6 is 0 Å². The summed E-state index contributed by atoms with van der Waals surface area (Å²) in [6, 6.07) is 0. The number of aryl methyl sites for hydroxylation is 1. The molecule has 0 aliphatic heterocycles. The van der Waals surface area contributed by atoms with Crippen LogP contribution in [0, 0.1) is 19.8 Å². The molecular weight excluding hydrogens is 202 g/mol. The van der Waals surface area contributed by atoms with Crippen LogP contribution in [0.3, 0.4) is 0 Å². The molecule has 0 saturated carbocycles. The van der Waals surface area contributed by atoms with Gasteiger partial charge in [-0.2, -0.15) is 4.98 Å². The second-order valence-electron chi connectivity index (χ2n) is 4.47. The van der Waals surface area contributed by atoms with E-state index in [1.54, 1.807) is 0 Å². The molecule has 0 aliphatic rings. The van der Waals surface area contributed by atoms with Crippen molar-refractivity contribution in [2.75, 3.05) is 12.3 Å². The third kappa shape index (κ3) is 3.68. The molecule has 1 rings (SSSR count). The maximum atomic E-state index is 5.74. The van der Waals surface area contributed by atoms with E-state index in [9.17, 15) is 0 Å². The van der Waals surface area contributed by atoms with E-state index in [1.165, 1.54) is 6.42 Å². The first-order chi connectivity index (χ1) is 7.50. The molecule has 2 N–H and O–H groups in total. The van der Waals surface area contributed by atoms with Gasteiger partial charge in [0.05, 0.1) is 12.2 Å². The number of ether oxygens (including phenoxy) is 1. The maximum Gasteiger partial charge on any atom is 0.221 e. The molecular formula is C12H21N3O. The third-order valence-corrected chi connectivity index (χ3v) is 2.42. The minimum Gasteiger partial charge on any atom is -0.477 e. The summed E-state index contributed by atoms with van der Waals surface area (Å²) in [5.41, 5.74) is 6.57. The molecule has 4 heteroatoms. The first-order valence-corrected chi connectivity index (χ1v) is 5.74. The van der Waals surface area contributed by atoms with Gasteiger partial charge in [0, 0.05) is 0 Å². The number of anilines is 1. The molecule has 0 aromatic carbocycles. The zero-order chi connectivity index (χ0) is 12.1. The van der Waals surface area contributed by atoms with E-state index in [1.807, 2.05) is 13.8 Å². The van der Waals surface area contributed by atoms with Crippen LogP contribution in [0.25, 0.3) is 0 Å². The maximum absolute atomic E-state index is 5.74. The van der Waals surface area contributed by atoms with Crippen molar-refractivity contribution in [1.82, 2.24) is 9.97 Å². The number of aromatic nitrogens is 2. The number of nitrogen functional groups attached to an aromatic ring is 1. The van der Waals surface area contributed by atoms with E-state index in [4.69, 9.17) is 10.5 Å². The lowest BCUT2D eigenvalue weighted by Gasteiger charge is -2.10. The molecule has 1 aromatic heterocycles. The van der Waals surface area contributed by atoms with Crippen LogP contribution in [-0.4, -0.2) is 16.6 Å². The molecule has 1 heterocycles. The molecule has 16 heavy (non-hydrogen) atoms. The van der Waals surface area contributed by atoms with Gasteiger partial charge in [-0.05, 0) is 32.6 Å². The second kappa shape index (κ2) is 5.68. The number of hydrogen-bond donors (Lipinski definition) is 1. The van der Waals surface area contributed by atoms with E-state index in [-0.39, 0.29) is 0 Å². The van der Waals surface area contributed by atoms with Gasteiger partial charge in [0.25, 0.3) is 0 Å². The van der Waals surface area contributed by atoms with Crippen LogP contribution in [0.2, 0.25) is 0 Å². The predicted molar refractivity (Wildman–Crippen MR) is 65.5 cm³/mol. The van der Waals surface area contributed by atoms with E-state index >= 15 is 0 Å². The van der Waals surface area contributed by atoms with E-state index in [0.29, 0.717) is 30.0 Å². The second-order valence-corrected chi connectivity index (χ2v) is 4.47. The lowest BCUT2D eigenvalue weighted by atomic mass is 10.1. The lowest BCUT2D eigenvalue weighted by molar-refractivity contribution is 0.284. The Morgan fingerprint density at radius 2 is 1.94 bits per heavy atom. The standard InChI is InChI=1S/C12H21N3O/c1-8(2)6-5-7-16-12-9(3)11(13)14-10(4)15-12/h8H,5-7H2,1-4H3,(H2,13,14,15). The monoisotopic (exact) mass is 223 g/mol. The fourth-order valence-corrected chi connectivity index (χ4v) is 1.42. The van der Waals surface area contributed by atoms with Crippen LogP contribution in [0.15, 0.2) is 0 Å². The Bertz CT molecular complexity index is 350. The molecule has 0 saturated heterocycles. The van der Waals surface area contributed by atoms with Crippen LogP contribution in [0.1, 0.15) is 38.1 Å². The number of nitrogens with two attached hydrogens (primary N) is 1. The average molecular weight is 223 g/mol.